The molecule has 82 valence electrons. The molecule has 0 amide bonds. The molecule has 4 heteroatoms. The highest BCUT2D eigenvalue weighted by Crippen LogP contribution is 2.30. The summed E-state index contributed by atoms with van der Waals surface area (Å²) in [7, 11) is 0. The van der Waals surface area contributed by atoms with Gasteiger partial charge in [-0.15, -0.1) is 0 Å². The van der Waals surface area contributed by atoms with Gasteiger partial charge in [-0.3, -0.25) is 0 Å². The van der Waals surface area contributed by atoms with Crippen LogP contribution in [0.15, 0.2) is 30.3 Å². The molecule has 1 unspecified atom stereocenters. The molecule has 1 fully saturated rings. The average Bonchev–Trinajstić information content (AvgIpc) is 2.73. The Hall–Kier alpha value is -0.940. The summed E-state index contributed by atoms with van der Waals surface area (Å²) in [6.45, 7) is 0.291. The summed E-state index contributed by atoms with van der Waals surface area (Å²) in [6.07, 6.45) is -0.947. The summed E-state index contributed by atoms with van der Waals surface area (Å²) < 4.78 is 11.1. The molecular formula is C11H15NO3. The first-order valence-corrected chi connectivity index (χ1v) is 5.02. The van der Waals surface area contributed by atoms with Crippen LogP contribution in [-0.4, -0.2) is 30.5 Å². The second kappa shape index (κ2) is 4.72. The molecule has 1 aliphatic rings. The van der Waals surface area contributed by atoms with Gasteiger partial charge in [-0.05, 0) is 0 Å². The van der Waals surface area contributed by atoms with E-state index in [4.69, 9.17) is 20.3 Å². The van der Waals surface area contributed by atoms with Crippen molar-refractivity contribution in [3.05, 3.63) is 35.9 Å². The third-order valence-corrected chi connectivity index (χ3v) is 2.50. The van der Waals surface area contributed by atoms with E-state index in [-0.39, 0.29) is 18.8 Å². The van der Waals surface area contributed by atoms with Crippen LogP contribution in [0.2, 0.25) is 0 Å². The van der Waals surface area contributed by atoms with Crippen molar-refractivity contribution < 1.29 is 14.6 Å². The summed E-state index contributed by atoms with van der Waals surface area (Å²) in [5.41, 5.74) is 6.47. The predicted molar refractivity (Wildman–Crippen MR) is 55.1 cm³/mol. The molecule has 15 heavy (non-hydrogen) atoms. The highest BCUT2D eigenvalue weighted by atomic mass is 16.7. The van der Waals surface area contributed by atoms with Crippen LogP contribution in [0.4, 0.5) is 0 Å². The molecule has 0 spiro atoms. The van der Waals surface area contributed by atoms with Crippen LogP contribution >= 0.6 is 0 Å². The fourth-order valence-corrected chi connectivity index (χ4v) is 1.66. The SMILES string of the molecule is NC[C@@H]1OC(c2ccccc2)O[C@H]1CO. The van der Waals surface area contributed by atoms with Crippen LogP contribution in [0.5, 0.6) is 0 Å². The maximum Gasteiger partial charge on any atom is 0.184 e. The fourth-order valence-electron chi connectivity index (χ4n) is 1.66. The fraction of sp³-hybridized carbons (Fsp3) is 0.455. The van der Waals surface area contributed by atoms with Crippen LogP contribution in [0.3, 0.4) is 0 Å². The third-order valence-electron chi connectivity index (χ3n) is 2.50. The van der Waals surface area contributed by atoms with E-state index in [1.807, 2.05) is 30.3 Å². The Bertz CT molecular complexity index is 292. The predicted octanol–water partition coefficient (Wildman–Crippen LogP) is 0.420. The zero-order valence-electron chi connectivity index (χ0n) is 8.37. The smallest absolute Gasteiger partial charge is 0.184 e. The lowest BCUT2D eigenvalue weighted by Gasteiger charge is -2.10. The standard InChI is InChI=1S/C11H15NO3/c12-6-9-10(7-13)15-11(14-9)8-4-2-1-3-5-8/h1-5,9-11,13H,6-7,12H2/t9-,10-,11?/m0/s1. The van der Waals surface area contributed by atoms with Crippen molar-refractivity contribution in [2.24, 2.45) is 5.73 Å². The van der Waals surface area contributed by atoms with Gasteiger partial charge in [0.2, 0.25) is 0 Å². The molecule has 3 N–H and O–H groups in total. The van der Waals surface area contributed by atoms with Crippen LogP contribution in [-0.2, 0) is 9.47 Å². The number of benzene rings is 1. The van der Waals surface area contributed by atoms with Gasteiger partial charge >= 0.3 is 0 Å². The second-order valence-electron chi connectivity index (χ2n) is 3.51. The summed E-state index contributed by atoms with van der Waals surface area (Å²) in [4.78, 5) is 0. The minimum Gasteiger partial charge on any atom is -0.394 e. The molecule has 1 aromatic carbocycles. The molecule has 0 bridgehead atoms. The number of ether oxygens (including phenoxy) is 2. The first-order valence-electron chi connectivity index (χ1n) is 5.02. The van der Waals surface area contributed by atoms with Gasteiger partial charge in [0.15, 0.2) is 6.29 Å². The molecule has 2 rings (SSSR count). The van der Waals surface area contributed by atoms with E-state index in [0.29, 0.717) is 6.54 Å². The Balaban J connectivity index is 2.08. The van der Waals surface area contributed by atoms with E-state index in [1.165, 1.54) is 0 Å². The Morgan fingerprint density at radius 1 is 1.13 bits per heavy atom. The van der Waals surface area contributed by atoms with Gasteiger partial charge in [0.1, 0.15) is 12.2 Å². The molecule has 1 aliphatic heterocycles. The van der Waals surface area contributed by atoms with Gasteiger partial charge in [0.05, 0.1) is 6.61 Å². The van der Waals surface area contributed by atoms with Crippen molar-refractivity contribution >= 4 is 0 Å². The number of hydrogen-bond acceptors (Lipinski definition) is 4. The first kappa shape index (κ1) is 10.6. The molecule has 0 aliphatic carbocycles. The van der Waals surface area contributed by atoms with Crippen molar-refractivity contribution in [2.75, 3.05) is 13.2 Å². The molecule has 3 atom stereocenters. The van der Waals surface area contributed by atoms with Gasteiger partial charge in [-0.1, -0.05) is 30.3 Å². The summed E-state index contributed by atoms with van der Waals surface area (Å²) in [6, 6.07) is 9.63. The van der Waals surface area contributed by atoms with Gasteiger partial charge in [0, 0.05) is 12.1 Å². The lowest BCUT2D eigenvalue weighted by molar-refractivity contribution is -0.0729. The zero-order chi connectivity index (χ0) is 10.7. The van der Waals surface area contributed by atoms with Crippen LogP contribution in [0.1, 0.15) is 11.9 Å². The van der Waals surface area contributed by atoms with Crippen molar-refractivity contribution in [2.45, 2.75) is 18.5 Å². The van der Waals surface area contributed by atoms with Crippen LogP contribution in [0.25, 0.3) is 0 Å². The van der Waals surface area contributed by atoms with Gasteiger partial charge < -0.3 is 20.3 Å². The van der Waals surface area contributed by atoms with Crippen LogP contribution in [0, 0.1) is 0 Å². The van der Waals surface area contributed by atoms with Crippen molar-refractivity contribution in [3.63, 3.8) is 0 Å². The van der Waals surface area contributed by atoms with Crippen molar-refractivity contribution in [3.8, 4) is 0 Å². The molecular weight excluding hydrogens is 194 g/mol. The minimum absolute atomic E-state index is 0.0643. The normalized spacial score (nSPS) is 30.7. The molecule has 0 aromatic heterocycles. The molecule has 1 saturated heterocycles. The Morgan fingerprint density at radius 3 is 2.33 bits per heavy atom. The molecule has 0 radical (unpaired) electrons. The first-order chi connectivity index (χ1) is 7.35. The summed E-state index contributed by atoms with van der Waals surface area (Å²) in [5.74, 6) is 0. The second-order valence-corrected chi connectivity index (χ2v) is 3.51. The van der Waals surface area contributed by atoms with Gasteiger partial charge in [-0.2, -0.15) is 0 Å². The van der Waals surface area contributed by atoms with E-state index in [1.54, 1.807) is 0 Å². The molecule has 0 saturated carbocycles. The summed E-state index contributed by atoms with van der Waals surface area (Å²) in [5, 5.41) is 9.07. The monoisotopic (exact) mass is 209 g/mol. The lowest BCUT2D eigenvalue weighted by Crippen LogP contribution is -2.32. The van der Waals surface area contributed by atoms with E-state index < -0.39 is 6.29 Å². The van der Waals surface area contributed by atoms with E-state index >= 15 is 0 Å². The quantitative estimate of drug-likeness (QED) is 0.757. The van der Waals surface area contributed by atoms with Gasteiger partial charge in [0.25, 0.3) is 0 Å². The topological polar surface area (TPSA) is 64.7 Å². The lowest BCUT2D eigenvalue weighted by atomic mass is 10.2. The molecule has 1 aromatic rings. The van der Waals surface area contributed by atoms with Crippen LogP contribution < -0.4 is 5.73 Å². The van der Waals surface area contributed by atoms with Gasteiger partial charge in [-0.25, -0.2) is 0 Å². The number of rotatable bonds is 3. The van der Waals surface area contributed by atoms with Crippen molar-refractivity contribution in [1.29, 1.82) is 0 Å². The average molecular weight is 209 g/mol. The molecule has 4 nitrogen and oxygen atoms in total. The number of nitrogens with two attached hydrogens (primary N) is 1. The number of aliphatic hydroxyl groups excluding tert-OH is 1. The third kappa shape index (κ3) is 2.18. The maximum atomic E-state index is 9.07. The highest BCUT2D eigenvalue weighted by molar-refractivity contribution is 5.16. The van der Waals surface area contributed by atoms with E-state index in [9.17, 15) is 0 Å². The minimum atomic E-state index is -0.406. The highest BCUT2D eigenvalue weighted by Gasteiger charge is 2.35. The maximum absolute atomic E-state index is 9.07. The largest absolute Gasteiger partial charge is 0.394 e. The summed E-state index contributed by atoms with van der Waals surface area (Å²) >= 11 is 0. The van der Waals surface area contributed by atoms with Crippen molar-refractivity contribution in [1.82, 2.24) is 0 Å². The number of hydrogen-bond donors (Lipinski definition) is 2. The molecule has 1 heterocycles. The Labute approximate surface area is 88.6 Å². The Kier molecular flexibility index (Phi) is 3.33. The number of aliphatic hydroxyl groups is 1. The van der Waals surface area contributed by atoms with E-state index in [2.05, 4.69) is 0 Å². The van der Waals surface area contributed by atoms with E-state index in [0.717, 1.165) is 5.56 Å². The Morgan fingerprint density at radius 2 is 1.80 bits per heavy atom. The zero-order valence-corrected chi connectivity index (χ0v) is 8.37.